The molecule has 0 aromatic carbocycles. The van der Waals surface area contributed by atoms with Crippen molar-refractivity contribution in [3.8, 4) is 0 Å². The van der Waals surface area contributed by atoms with Gasteiger partial charge in [0.2, 0.25) is 5.70 Å². The lowest BCUT2D eigenvalue weighted by molar-refractivity contribution is -0.791. The number of methoxy groups -OCH3 is 1. The minimum absolute atomic E-state index is 0.264. The first-order chi connectivity index (χ1) is 5.08. The average molecular weight is 154 g/mol. The van der Waals surface area contributed by atoms with E-state index in [1.54, 1.807) is 6.08 Å². The van der Waals surface area contributed by atoms with Crippen LogP contribution < -0.4 is 0 Å². The lowest BCUT2D eigenvalue weighted by atomic mass is 10.4. The number of hydrogen-bond acceptors (Lipinski definition) is 2. The zero-order valence-corrected chi connectivity index (χ0v) is 7.00. The van der Waals surface area contributed by atoms with E-state index in [1.165, 1.54) is 7.11 Å². The summed E-state index contributed by atoms with van der Waals surface area (Å²) in [4.78, 5) is 11.1. The third kappa shape index (κ3) is 1.33. The molecule has 3 heteroatoms. The maximum Gasteiger partial charge on any atom is 0.392 e. The van der Waals surface area contributed by atoms with Gasteiger partial charge in [0.05, 0.1) is 21.2 Å². The lowest BCUT2D eigenvalue weighted by Crippen LogP contribution is -2.34. The molecule has 0 spiro atoms. The fourth-order valence-electron chi connectivity index (χ4n) is 1.03. The number of nitrogens with zero attached hydrogens (tertiary/aromatic N) is 1. The van der Waals surface area contributed by atoms with Gasteiger partial charge in [-0.15, -0.1) is 0 Å². The van der Waals surface area contributed by atoms with Gasteiger partial charge in [-0.2, -0.15) is 0 Å². The molecular weight excluding hydrogens is 142 g/mol. The molecule has 3 nitrogen and oxygen atoms in total. The summed E-state index contributed by atoms with van der Waals surface area (Å²) in [5.74, 6) is -0.264. The van der Waals surface area contributed by atoms with Gasteiger partial charge in [0, 0.05) is 6.08 Å². The Balaban J connectivity index is 2.85. The Labute approximate surface area is 66.2 Å². The van der Waals surface area contributed by atoms with E-state index in [2.05, 4.69) is 4.74 Å². The number of rotatable bonds is 1. The second kappa shape index (κ2) is 2.51. The summed E-state index contributed by atoms with van der Waals surface area (Å²) < 4.78 is 5.07. The molecule has 0 bridgehead atoms. The highest BCUT2D eigenvalue weighted by molar-refractivity contribution is 5.86. The van der Waals surface area contributed by atoms with Crippen LogP contribution in [0.3, 0.4) is 0 Å². The van der Waals surface area contributed by atoms with E-state index in [-0.39, 0.29) is 5.97 Å². The van der Waals surface area contributed by atoms with Crippen molar-refractivity contribution in [2.75, 3.05) is 21.2 Å². The quantitative estimate of drug-likeness (QED) is 0.409. The van der Waals surface area contributed by atoms with Crippen molar-refractivity contribution in [1.82, 2.24) is 0 Å². The van der Waals surface area contributed by atoms with Crippen molar-refractivity contribution in [3.05, 3.63) is 24.0 Å². The van der Waals surface area contributed by atoms with Gasteiger partial charge in [0.1, 0.15) is 6.20 Å². The van der Waals surface area contributed by atoms with Gasteiger partial charge in [-0.3, -0.25) is 4.48 Å². The molecule has 11 heavy (non-hydrogen) atoms. The van der Waals surface area contributed by atoms with Crippen LogP contribution in [0.5, 0.6) is 0 Å². The molecule has 0 saturated heterocycles. The first-order valence-electron chi connectivity index (χ1n) is 3.40. The van der Waals surface area contributed by atoms with Crippen molar-refractivity contribution in [2.45, 2.75) is 0 Å². The number of esters is 1. The van der Waals surface area contributed by atoms with E-state index >= 15 is 0 Å². The van der Waals surface area contributed by atoms with Crippen LogP contribution in [0.2, 0.25) is 0 Å². The molecule has 1 aliphatic rings. The van der Waals surface area contributed by atoms with E-state index in [1.807, 2.05) is 26.4 Å². The van der Waals surface area contributed by atoms with Crippen LogP contribution >= 0.6 is 0 Å². The highest BCUT2D eigenvalue weighted by Gasteiger charge is 2.30. The smallest absolute Gasteiger partial charge is 0.392 e. The standard InChI is InChI=1S/C8H12NO2/c1-9(2)6-4-5-7(9)8(10)11-3/h4-6H,1-3H3/q+1. The molecule has 0 aromatic heterocycles. The summed E-state index contributed by atoms with van der Waals surface area (Å²) in [7, 11) is 5.24. The predicted molar refractivity (Wildman–Crippen MR) is 41.3 cm³/mol. The maximum atomic E-state index is 11.1. The van der Waals surface area contributed by atoms with Crippen LogP contribution in [0.1, 0.15) is 0 Å². The second-order valence-electron chi connectivity index (χ2n) is 2.92. The van der Waals surface area contributed by atoms with Crippen LogP contribution in [0.4, 0.5) is 0 Å². The highest BCUT2D eigenvalue weighted by atomic mass is 16.5. The maximum absolute atomic E-state index is 11.1. The van der Waals surface area contributed by atoms with Gasteiger partial charge >= 0.3 is 5.97 Å². The molecule has 0 atom stereocenters. The summed E-state index contributed by atoms with van der Waals surface area (Å²) in [6.07, 6.45) is 5.55. The van der Waals surface area contributed by atoms with Crippen molar-refractivity contribution in [3.63, 3.8) is 0 Å². The minimum atomic E-state index is -0.264. The number of ether oxygens (including phenoxy) is 1. The Hall–Kier alpha value is -1.09. The van der Waals surface area contributed by atoms with Crippen molar-refractivity contribution in [2.24, 2.45) is 0 Å². The van der Waals surface area contributed by atoms with Gasteiger partial charge in [-0.05, 0) is 6.08 Å². The molecule has 0 fully saturated rings. The Morgan fingerprint density at radius 2 is 2.18 bits per heavy atom. The molecule has 1 rings (SSSR count). The van der Waals surface area contributed by atoms with E-state index in [9.17, 15) is 4.79 Å². The summed E-state index contributed by atoms with van der Waals surface area (Å²) >= 11 is 0. The molecule has 0 aromatic rings. The summed E-state index contributed by atoms with van der Waals surface area (Å²) in [6, 6.07) is 0. The molecule has 0 saturated carbocycles. The number of carbonyl (C=O) groups is 1. The average Bonchev–Trinajstić information content (AvgIpc) is 2.28. The number of hydrogen-bond donors (Lipinski definition) is 0. The van der Waals surface area contributed by atoms with Gasteiger partial charge in [0.25, 0.3) is 0 Å². The van der Waals surface area contributed by atoms with Gasteiger partial charge < -0.3 is 4.74 Å². The van der Waals surface area contributed by atoms with Crippen LogP contribution in [-0.2, 0) is 9.53 Å². The summed E-state index contributed by atoms with van der Waals surface area (Å²) in [6.45, 7) is 0. The number of quaternary nitrogens is 1. The Bertz CT molecular complexity index is 238. The zero-order valence-electron chi connectivity index (χ0n) is 7.00. The normalized spacial score (nSPS) is 19.7. The third-order valence-electron chi connectivity index (χ3n) is 1.73. The molecule has 0 aliphatic carbocycles. The predicted octanol–water partition coefficient (Wildman–Crippen LogP) is 0.647. The van der Waals surface area contributed by atoms with Crippen molar-refractivity contribution in [1.29, 1.82) is 0 Å². The first-order valence-corrected chi connectivity index (χ1v) is 3.40. The Morgan fingerprint density at radius 1 is 1.55 bits per heavy atom. The molecule has 0 unspecified atom stereocenters. The van der Waals surface area contributed by atoms with Crippen molar-refractivity contribution >= 4 is 5.97 Å². The molecule has 60 valence electrons. The fraction of sp³-hybridized carbons (Fsp3) is 0.375. The Kier molecular flexibility index (Phi) is 1.83. The summed E-state index contributed by atoms with van der Waals surface area (Å²) in [5, 5.41) is 0. The second-order valence-corrected chi connectivity index (χ2v) is 2.92. The molecular formula is C8H12NO2+. The highest BCUT2D eigenvalue weighted by Crippen LogP contribution is 2.19. The van der Waals surface area contributed by atoms with E-state index < -0.39 is 0 Å². The third-order valence-corrected chi connectivity index (χ3v) is 1.73. The van der Waals surface area contributed by atoms with Gasteiger partial charge in [-0.1, -0.05) is 0 Å². The van der Waals surface area contributed by atoms with Crippen LogP contribution in [-0.4, -0.2) is 31.7 Å². The van der Waals surface area contributed by atoms with Gasteiger partial charge in [0.15, 0.2) is 0 Å². The number of allylic oxidation sites excluding steroid dienone is 2. The minimum Gasteiger partial charge on any atom is -0.462 e. The lowest BCUT2D eigenvalue weighted by Gasteiger charge is -2.21. The molecule has 1 aliphatic heterocycles. The van der Waals surface area contributed by atoms with E-state index in [4.69, 9.17) is 0 Å². The topological polar surface area (TPSA) is 26.3 Å². The van der Waals surface area contributed by atoms with Gasteiger partial charge in [-0.25, -0.2) is 4.79 Å². The van der Waals surface area contributed by atoms with E-state index in [0.717, 1.165) is 0 Å². The first kappa shape index (κ1) is 8.01. The molecule has 0 N–H and O–H groups in total. The molecule has 1 heterocycles. The van der Waals surface area contributed by atoms with Crippen molar-refractivity contribution < 1.29 is 14.0 Å². The van der Waals surface area contributed by atoms with Crippen LogP contribution in [0, 0.1) is 0 Å². The number of carbonyl (C=O) groups excluding carboxylic acids is 1. The Morgan fingerprint density at radius 3 is 2.55 bits per heavy atom. The summed E-state index contributed by atoms with van der Waals surface area (Å²) in [5.41, 5.74) is 0.660. The van der Waals surface area contributed by atoms with Crippen LogP contribution in [0.15, 0.2) is 24.0 Å². The largest absolute Gasteiger partial charge is 0.462 e. The SMILES string of the molecule is COC(=O)C1=CC=C[N+]1(C)C. The van der Waals surface area contributed by atoms with Crippen LogP contribution in [0.25, 0.3) is 0 Å². The fourth-order valence-corrected chi connectivity index (χ4v) is 1.03. The number of likely N-dealkylation sites (N-methyl/N-ethyl adjacent to an activating group) is 1. The monoisotopic (exact) mass is 154 g/mol. The zero-order chi connectivity index (χ0) is 8.48. The van der Waals surface area contributed by atoms with E-state index in [0.29, 0.717) is 10.2 Å². The molecule has 0 radical (unpaired) electrons. The molecule has 0 amide bonds.